The standard InChI is InChI=1S/C9H14O3S/c1-3-5-7-9-13(10,11)12-8-6-4-2/h7,9H,3,5,8H2,1-2H3. The van der Waals surface area contributed by atoms with E-state index >= 15 is 0 Å². The molecule has 0 aromatic heterocycles. The molecule has 0 fully saturated rings. The summed E-state index contributed by atoms with van der Waals surface area (Å²) in [5.41, 5.74) is 0. The topological polar surface area (TPSA) is 43.4 Å². The molecule has 0 saturated heterocycles. The summed E-state index contributed by atoms with van der Waals surface area (Å²) in [6, 6.07) is 0. The van der Waals surface area contributed by atoms with Gasteiger partial charge in [-0.3, -0.25) is 4.18 Å². The average molecular weight is 202 g/mol. The Labute approximate surface area is 79.9 Å². The Balaban J connectivity index is 3.99. The van der Waals surface area contributed by atoms with Gasteiger partial charge in [-0.05, 0) is 13.3 Å². The molecule has 4 heteroatoms. The quantitative estimate of drug-likeness (QED) is 0.503. The zero-order valence-electron chi connectivity index (χ0n) is 7.91. The first kappa shape index (κ1) is 12.2. The van der Waals surface area contributed by atoms with Crippen LogP contribution in [-0.4, -0.2) is 15.0 Å². The maximum absolute atomic E-state index is 11.0. The highest BCUT2D eigenvalue weighted by Crippen LogP contribution is 1.97. The fourth-order valence-corrected chi connectivity index (χ4v) is 1.25. The Kier molecular flexibility index (Phi) is 6.29. The summed E-state index contributed by atoms with van der Waals surface area (Å²) in [5.74, 6) is 5.05. The van der Waals surface area contributed by atoms with Gasteiger partial charge in [0.1, 0.15) is 6.61 Å². The van der Waals surface area contributed by atoms with Crippen LogP contribution in [0.3, 0.4) is 0 Å². The SMILES string of the molecule is CC#CCOS(=O)(=O)C=CCCC. The lowest BCUT2D eigenvalue weighted by molar-refractivity contribution is 0.370. The molecule has 0 aliphatic carbocycles. The van der Waals surface area contributed by atoms with Crippen LogP contribution in [-0.2, 0) is 14.3 Å². The minimum absolute atomic E-state index is 0.0741. The van der Waals surface area contributed by atoms with Gasteiger partial charge in [-0.2, -0.15) is 8.42 Å². The Hall–Kier alpha value is -0.790. The lowest BCUT2D eigenvalue weighted by Crippen LogP contribution is -2.01. The molecule has 0 rings (SSSR count). The third kappa shape index (κ3) is 7.57. The van der Waals surface area contributed by atoms with Crippen molar-refractivity contribution < 1.29 is 12.6 Å². The van der Waals surface area contributed by atoms with Crippen LogP contribution in [0.25, 0.3) is 0 Å². The average Bonchev–Trinajstić information content (AvgIpc) is 2.05. The van der Waals surface area contributed by atoms with Crippen LogP contribution in [0.5, 0.6) is 0 Å². The largest absolute Gasteiger partial charge is 0.290 e. The molecule has 13 heavy (non-hydrogen) atoms. The molecule has 0 bridgehead atoms. The van der Waals surface area contributed by atoms with Crippen LogP contribution in [0.4, 0.5) is 0 Å². The van der Waals surface area contributed by atoms with Crippen molar-refractivity contribution >= 4 is 10.1 Å². The molecule has 0 spiro atoms. The van der Waals surface area contributed by atoms with Crippen LogP contribution in [0.1, 0.15) is 26.7 Å². The number of hydrogen-bond donors (Lipinski definition) is 0. The van der Waals surface area contributed by atoms with E-state index in [1.165, 1.54) is 0 Å². The van der Waals surface area contributed by atoms with E-state index < -0.39 is 10.1 Å². The van der Waals surface area contributed by atoms with Crippen LogP contribution in [0.15, 0.2) is 11.5 Å². The van der Waals surface area contributed by atoms with Gasteiger partial charge in [0.15, 0.2) is 0 Å². The zero-order valence-corrected chi connectivity index (χ0v) is 8.73. The van der Waals surface area contributed by atoms with E-state index in [1.54, 1.807) is 13.0 Å². The third-order valence-electron chi connectivity index (χ3n) is 1.19. The molecule has 0 N–H and O–H groups in total. The summed E-state index contributed by atoms with van der Waals surface area (Å²) in [7, 11) is -3.51. The molecule has 0 saturated carbocycles. The number of hydrogen-bond acceptors (Lipinski definition) is 3. The summed E-state index contributed by atoms with van der Waals surface area (Å²) >= 11 is 0. The van der Waals surface area contributed by atoms with E-state index in [0.717, 1.165) is 18.2 Å². The predicted octanol–water partition coefficient (Wildman–Crippen LogP) is 1.67. The van der Waals surface area contributed by atoms with Crippen molar-refractivity contribution in [3.63, 3.8) is 0 Å². The minimum atomic E-state index is -3.51. The van der Waals surface area contributed by atoms with Crippen molar-refractivity contribution in [1.82, 2.24) is 0 Å². The molecule has 0 heterocycles. The van der Waals surface area contributed by atoms with E-state index in [-0.39, 0.29) is 6.61 Å². The lowest BCUT2D eigenvalue weighted by Gasteiger charge is -1.94. The molecule has 0 aromatic rings. The van der Waals surface area contributed by atoms with E-state index in [4.69, 9.17) is 0 Å². The van der Waals surface area contributed by atoms with Gasteiger partial charge in [0.05, 0.1) is 5.41 Å². The van der Waals surface area contributed by atoms with Crippen LogP contribution >= 0.6 is 0 Å². The molecule has 74 valence electrons. The number of rotatable bonds is 5. The first-order chi connectivity index (χ1) is 6.12. The van der Waals surface area contributed by atoms with E-state index in [2.05, 4.69) is 16.0 Å². The second-order valence-electron chi connectivity index (χ2n) is 2.34. The fraction of sp³-hybridized carbons (Fsp3) is 0.556. The lowest BCUT2D eigenvalue weighted by atomic mass is 10.3. The van der Waals surface area contributed by atoms with Gasteiger partial charge in [0, 0.05) is 0 Å². The predicted molar refractivity (Wildman–Crippen MR) is 52.4 cm³/mol. The Bertz CT molecular complexity index is 303. The number of unbranched alkanes of at least 4 members (excludes halogenated alkanes) is 1. The first-order valence-corrected chi connectivity index (χ1v) is 5.55. The normalized spacial score (nSPS) is 11.2. The summed E-state index contributed by atoms with van der Waals surface area (Å²) in [6.45, 7) is 3.53. The molecular weight excluding hydrogens is 188 g/mol. The van der Waals surface area contributed by atoms with Crippen molar-refractivity contribution in [3.8, 4) is 11.8 Å². The minimum Gasteiger partial charge on any atom is -0.254 e. The van der Waals surface area contributed by atoms with Crippen molar-refractivity contribution in [2.24, 2.45) is 0 Å². The van der Waals surface area contributed by atoms with E-state index in [1.807, 2.05) is 6.92 Å². The second kappa shape index (κ2) is 6.70. The number of allylic oxidation sites excluding steroid dienone is 1. The first-order valence-electron chi connectivity index (χ1n) is 4.08. The summed E-state index contributed by atoms with van der Waals surface area (Å²) < 4.78 is 26.5. The Morgan fingerprint density at radius 3 is 2.69 bits per heavy atom. The van der Waals surface area contributed by atoms with Crippen molar-refractivity contribution in [2.45, 2.75) is 26.7 Å². The summed E-state index contributed by atoms with van der Waals surface area (Å²) in [6.07, 6.45) is 3.23. The highest BCUT2D eigenvalue weighted by Gasteiger charge is 2.02. The van der Waals surface area contributed by atoms with Crippen molar-refractivity contribution in [1.29, 1.82) is 0 Å². The molecule has 0 unspecified atom stereocenters. The maximum atomic E-state index is 11.0. The summed E-state index contributed by atoms with van der Waals surface area (Å²) in [4.78, 5) is 0. The molecule has 0 amide bonds. The monoisotopic (exact) mass is 202 g/mol. The van der Waals surface area contributed by atoms with Gasteiger partial charge < -0.3 is 0 Å². The van der Waals surface area contributed by atoms with E-state index in [0.29, 0.717) is 0 Å². The van der Waals surface area contributed by atoms with Crippen LogP contribution in [0, 0.1) is 11.8 Å². The molecular formula is C9H14O3S. The highest BCUT2D eigenvalue weighted by atomic mass is 32.2. The zero-order chi connectivity index (χ0) is 10.2. The van der Waals surface area contributed by atoms with Crippen molar-refractivity contribution in [2.75, 3.05) is 6.61 Å². The van der Waals surface area contributed by atoms with Crippen molar-refractivity contribution in [3.05, 3.63) is 11.5 Å². The van der Waals surface area contributed by atoms with Gasteiger partial charge in [0.25, 0.3) is 10.1 Å². The van der Waals surface area contributed by atoms with Crippen LogP contribution in [0.2, 0.25) is 0 Å². The molecule has 0 aliphatic heterocycles. The summed E-state index contributed by atoms with van der Waals surface area (Å²) in [5, 5.41) is 1.08. The van der Waals surface area contributed by atoms with E-state index in [9.17, 15) is 8.42 Å². The van der Waals surface area contributed by atoms with Gasteiger partial charge in [-0.1, -0.05) is 25.3 Å². The third-order valence-corrected chi connectivity index (χ3v) is 2.16. The van der Waals surface area contributed by atoms with Gasteiger partial charge >= 0.3 is 0 Å². The maximum Gasteiger partial charge on any atom is 0.290 e. The molecule has 0 aromatic carbocycles. The molecule has 0 aliphatic rings. The molecule has 3 nitrogen and oxygen atoms in total. The van der Waals surface area contributed by atoms with Gasteiger partial charge in [-0.15, -0.1) is 5.92 Å². The van der Waals surface area contributed by atoms with Gasteiger partial charge in [0.2, 0.25) is 0 Å². The van der Waals surface area contributed by atoms with Crippen LogP contribution < -0.4 is 0 Å². The second-order valence-corrected chi connectivity index (χ2v) is 3.84. The van der Waals surface area contributed by atoms with Gasteiger partial charge in [-0.25, -0.2) is 0 Å². The molecule has 0 radical (unpaired) electrons. The highest BCUT2D eigenvalue weighted by molar-refractivity contribution is 7.89. The molecule has 0 atom stereocenters. The Morgan fingerprint density at radius 2 is 2.15 bits per heavy atom. The fourth-order valence-electron chi connectivity index (χ4n) is 0.576. The Morgan fingerprint density at radius 1 is 1.46 bits per heavy atom. The smallest absolute Gasteiger partial charge is 0.254 e.